The Hall–Kier alpha value is -1.42. The predicted molar refractivity (Wildman–Crippen MR) is 65.3 cm³/mol. The van der Waals surface area contributed by atoms with Gasteiger partial charge in [0.05, 0.1) is 5.52 Å². The Bertz CT molecular complexity index is 544. The van der Waals surface area contributed by atoms with E-state index in [4.69, 9.17) is 16.0 Å². The lowest BCUT2D eigenvalue weighted by atomic mass is 10.3. The summed E-state index contributed by atoms with van der Waals surface area (Å²) in [6.45, 7) is 0.812. The van der Waals surface area contributed by atoms with Crippen molar-refractivity contribution in [3.05, 3.63) is 28.7 Å². The highest BCUT2D eigenvalue weighted by Crippen LogP contribution is 2.17. The first kappa shape index (κ1) is 11.1. The number of benzene rings is 1. The van der Waals surface area contributed by atoms with Crippen LogP contribution in [0.5, 0.6) is 0 Å². The molecule has 0 unspecified atom stereocenters. The SMILES string of the molecule is Cn1c(=O)oc2cc(NCCCCl)ccc21. The summed E-state index contributed by atoms with van der Waals surface area (Å²) in [5.41, 5.74) is 2.34. The number of nitrogens with one attached hydrogen (secondary N) is 1. The van der Waals surface area contributed by atoms with Crippen molar-refractivity contribution >= 4 is 28.4 Å². The van der Waals surface area contributed by atoms with Crippen LogP contribution < -0.4 is 11.1 Å². The fourth-order valence-corrected chi connectivity index (χ4v) is 1.68. The molecule has 0 atom stereocenters. The monoisotopic (exact) mass is 240 g/mol. The van der Waals surface area contributed by atoms with Gasteiger partial charge in [-0.15, -0.1) is 11.6 Å². The molecule has 1 aromatic heterocycles. The van der Waals surface area contributed by atoms with Gasteiger partial charge < -0.3 is 9.73 Å². The van der Waals surface area contributed by atoms with Crippen molar-refractivity contribution in [3.63, 3.8) is 0 Å². The number of hydrogen-bond donors (Lipinski definition) is 1. The minimum Gasteiger partial charge on any atom is -0.408 e. The van der Waals surface area contributed by atoms with Gasteiger partial charge in [0, 0.05) is 31.2 Å². The molecule has 0 saturated carbocycles. The molecule has 0 bridgehead atoms. The number of aryl methyl sites for hydroxylation is 1. The molecule has 16 heavy (non-hydrogen) atoms. The lowest BCUT2D eigenvalue weighted by Crippen LogP contribution is -2.08. The molecule has 0 fully saturated rings. The summed E-state index contributed by atoms with van der Waals surface area (Å²) in [6, 6.07) is 5.61. The van der Waals surface area contributed by atoms with Crippen LogP contribution in [0.1, 0.15) is 6.42 Å². The second-order valence-corrected chi connectivity index (χ2v) is 3.96. The molecular formula is C11H13ClN2O2. The number of halogens is 1. The van der Waals surface area contributed by atoms with Crippen molar-refractivity contribution in [1.29, 1.82) is 0 Å². The Labute approximate surface area is 97.8 Å². The molecule has 4 nitrogen and oxygen atoms in total. The third-order valence-corrected chi connectivity index (χ3v) is 2.70. The molecule has 0 aliphatic heterocycles. The molecule has 0 aliphatic rings. The van der Waals surface area contributed by atoms with Gasteiger partial charge in [0.1, 0.15) is 0 Å². The van der Waals surface area contributed by atoms with E-state index in [0.29, 0.717) is 11.5 Å². The van der Waals surface area contributed by atoms with Crippen LogP contribution in [-0.2, 0) is 7.05 Å². The number of rotatable bonds is 4. The van der Waals surface area contributed by atoms with E-state index in [1.165, 1.54) is 4.57 Å². The fraction of sp³-hybridized carbons (Fsp3) is 0.364. The van der Waals surface area contributed by atoms with Crippen LogP contribution in [-0.4, -0.2) is 17.0 Å². The number of alkyl halides is 1. The largest absolute Gasteiger partial charge is 0.419 e. The third kappa shape index (κ3) is 2.07. The quantitative estimate of drug-likeness (QED) is 0.658. The van der Waals surface area contributed by atoms with Crippen LogP contribution in [0.25, 0.3) is 11.1 Å². The van der Waals surface area contributed by atoms with Crippen LogP contribution in [0.15, 0.2) is 27.4 Å². The van der Waals surface area contributed by atoms with Crippen molar-refractivity contribution in [2.75, 3.05) is 17.7 Å². The molecule has 86 valence electrons. The molecule has 0 amide bonds. The van der Waals surface area contributed by atoms with Gasteiger partial charge in [0.2, 0.25) is 0 Å². The Morgan fingerprint density at radius 2 is 2.31 bits per heavy atom. The second-order valence-electron chi connectivity index (χ2n) is 3.58. The highest BCUT2D eigenvalue weighted by molar-refractivity contribution is 6.17. The van der Waals surface area contributed by atoms with E-state index in [-0.39, 0.29) is 5.76 Å². The maximum atomic E-state index is 11.3. The van der Waals surface area contributed by atoms with Gasteiger partial charge in [0.25, 0.3) is 0 Å². The Balaban J connectivity index is 2.27. The molecule has 0 saturated heterocycles. The first-order valence-corrected chi connectivity index (χ1v) is 5.65. The first-order valence-electron chi connectivity index (χ1n) is 5.12. The van der Waals surface area contributed by atoms with Gasteiger partial charge >= 0.3 is 5.76 Å². The fourth-order valence-electron chi connectivity index (χ4n) is 1.54. The van der Waals surface area contributed by atoms with Gasteiger partial charge in [-0.05, 0) is 18.6 Å². The van der Waals surface area contributed by atoms with Crippen molar-refractivity contribution in [3.8, 4) is 0 Å². The molecule has 0 aliphatic carbocycles. The van der Waals surface area contributed by atoms with E-state index in [1.807, 2.05) is 18.2 Å². The van der Waals surface area contributed by atoms with Crippen molar-refractivity contribution < 1.29 is 4.42 Å². The maximum absolute atomic E-state index is 11.3. The molecule has 2 aromatic rings. The minimum atomic E-state index is -0.340. The molecule has 5 heteroatoms. The van der Waals surface area contributed by atoms with Gasteiger partial charge in [-0.2, -0.15) is 0 Å². The van der Waals surface area contributed by atoms with Crippen LogP contribution in [0.2, 0.25) is 0 Å². The van der Waals surface area contributed by atoms with Gasteiger partial charge in [0.15, 0.2) is 5.58 Å². The molecule has 0 radical (unpaired) electrons. The summed E-state index contributed by atoms with van der Waals surface area (Å²) < 4.78 is 6.57. The summed E-state index contributed by atoms with van der Waals surface area (Å²) in [7, 11) is 1.69. The molecule has 2 rings (SSSR count). The highest BCUT2D eigenvalue weighted by Gasteiger charge is 2.05. The molecular weight excluding hydrogens is 228 g/mol. The van der Waals surface area contributed by atoms with Gasteiger partial charge in [-0.1, -0.05) is 0 Å². The van der Waals surface area contributed by atoms with E-state index >= 15 is 0 Å². The third-order valence-electron chi connectivity index (χ3n) is 2.43. The summed E-state index contributed by atoms with van der Waals surface area (Å²) >= 11 is 5.58. The second kappa shape index (κ2) is 4.61. The normalized spacial score (nSPS) is 10.9. The van der Waals surface area contributed by atoms with Crippen LogP contribution >= 0.6 is 11.6 Å². The summed E-state index contributed by atoms with van der Waals surface area (Å²) in [5, 5.41) is 3.21. The highest BCUT2D eigenvalue weighted by atomic mass is 35.5. The van der Waals surface area contributed by atoms with Gasteiger partial charge in [-0.3, -0.25) is 4.57 Å². The van der Waals surface area contributed by atoms with E-state index in [1.54, 1.807) is 7.05 Å². The lowest BCUT2D eigenvalue weighted by molar-refractivity contribution is 0.528. The summed E-state index contributed by atoms with van der Waals surface area (Å²) in [4.78, 5) is 11.3. The number of aromatic nitrogens is 1. The average Bonchev–Trinajstić information content (AvgIpc) is 2.55. The van der Waals surface area contributed by atoms with E-state index in [9.17, 15) is 4.79 Å². The van der Waals surface area contributed by atoms with Crippen molar-refractivity contribution in [2.24, 2.45) is 7.05 Å². The number of oxazole rings is 1. The number of anilines is 1. The molecule has 1 N–H and O–H groups in total. The number of fused-ring (bicyclic) bond motifs is 1. The maximum Gasteiger partial charge on any atom is 0.419 e. The Morgan fingerprint density at radius 3 is 3.06 bits per heavy atom. The molecule has 0 spiro atoms. The van der Waals surface area contributed by atoms with Crippen molar-refractivity contribution in [2.45, 2.75) is 6.42 Å². The first-order chi connectivity index (χ1) is 7.72. The zero-order chi connectivity index (χ0) is 11.5. The van der Waals surface area contributed by atoms with Gasteiger partial charge in [-0.25, -0.2) is 4.79 Å². The van der Waals surface area contributed by atoms with E-state index < -0.39 is 0 Å². The van der Waals surface area contributed by atoms with Crippen LogP contribution in [0.4, 0.5) is 5.69 Å². The van der Waals surface area contributed by atoms with E-state index in [0.717, 1.165) is 24.2 Å². The Morgan fingerprint density at radius 1 is 1.50 bits per heavy atom. The summed E-state index contributed by atoms with van der Waals surface area (Å²) in [5.74, 6) is 0.295. The zero-order valence-electron chi connectivity index (χ0n) is 9.00. The smallest absolute Gasteiger partial charge is 0.408 e. The standard InChI is InChI=1S/C11H13ClN2O2/c1-14-9-4-3-8(13-6-2-5-12)7-10(9)16-11(14)15/h3-4,7,13H,2,5-6H2,1H3. The zero-order valence-corrected chi connectivity index (χ0v) is 9.75. The summed E-state index contributed by atoms with van der Waals surface area (Å²) in [6.07, 6.45) is 0.901. The minimum absolute atomic E-state index is 0.340. The average molecular weight is 241 g/mol. The van der Waals surface area contributed by atoms with Crippen LogP contribution in [0, 0.1) is 0 Å². The number of nitrogens with zero attached hydrogens (tertiary/aromatic N) is 1. The predicted octanol–water partition coefficient (Wildman–Crippen LogP) is 2.17. The van der Waals surface area contributed by atoms with Crippen LogP contribution in [0.3, 0.4) is 0 Å². The topological polar surface area (TPSA) is 47.2 Å². The van der Waals surface area contributed by atoms with Crippen molar-refractivity contribution in [1.82, 2.24) is 4.57 Å². The van der Waals surface area contributed by atoms with E-state index in [2.05, 4.69) is 5.32 Å². The molecule has 1 heterocycles. The number of hydrogen-bond acceptors (Lipinski definition) is 3. The molecule has 1 aromatic carbocycles. The lowest BCUT2D eigenvalue weighted by Gasteiger charge is -2.04. The Kier molecular flexibility index (Phi) is 3.19.